The molecule has 1 saturated heterocycles. The Morgan fingerprint density at radius 2 is 1.89 bits per heavy atom. The molecule has 1 aliphatic rings. The van der Waals surface area contributed by atoms with Crippen molar-refractivity contribution in [1.29, 1.82) is 0 Å². The van der Waals surface area contributed by atoms with Crippen LogP contribution >= 0.6 is 23.1 Å². The lowest BCUT2D eigenvalue weighted by molar-refractivity contribution is -0.129. The second kappa shape index (κ2) is 9.00. The fourth-order valence-electron chi connectivity index (χ4n) is 2.68. The predicted molar refractivity (Wildman–Crippen MR) is 107 cm³/mol. The van der Waals surface area contributed by atoms with E-state index in [0.717, 1.165) is 9.90 Å². The number of anilines is 1. The van der Waals surface area contributed by atoms with Crippen LogP contribution in [0.25, 0.3) is 0 Å². The van der Waals surface area contributed by atoms with E-state index >= 15 is 0 Å². The van der Waals surface area contributed by atoms with E-state index in [2.05, 4.69) is 15.5 Å². The highest BCUT2D eigenvalue weighted by Crippen LogP contribution is 2.25. The van der Waals surface area contributed by atoms with Crippen LogP contribution in [-0.2, 0) is 20.6 Å². The lowest BCUT2D eigenvalue weighted by atomic mass is 10.2. The molecular formula is C16H21N5O3S3. The average Bonchev–Trinajstić information content (AvgIpc) is 3.15. The Kier molecular flexibility index (Phi) is 6.68. The highest BCUT2D eigenvalue weighted by molar-refractivity contribution is 8.01. The Balaban J connectivity index is 1.48. The molecule has 3 rings (SSSR count). The first-order valence-electron chi connectivity index (χ1n) is 8.41. The number of piperazine rings is 1. The van der Waals surface area contributed by atoms with E-state index in [-0.39, 0.29) is 17.4 Å². The standard InChI is InChI=1S/C16H21N5O3S3/c1-17-15-18-19-16(26-15)25-11-14(22)20-7-9-21(10-8-20)27(23,24)12-13-5-3-2-4-6-13/h2-6H,7-12H2,1H3,(H,17,18). The minimum Gasteiger partial charge on any atom is -0.363 e. The lowest BCUT2D eigenvalue weighted by Gasteiger charge is -2.34. The summed E-state index contributed by atoms with van der Waals surface area (Å²) in [5, 5.41) is 11.6. The summed E-state index contributed by atoms with van der Waals surface area (Å²) >= 11 is 2.75. The van der Waals surface area contributed by atoms with Crippen molar-refractivity contribution in [2.24, 2.45) is 0 Å². The highest BCUT2D eigenvalue weighted by atomic mass is 32.2. The molecule has 0 spiro atoms. The molecule has 0 atom stereocenters. The average molecular weight is 428 g/mol. The maximum absolute atomic E-state index is 12.6. The van der Waals surface area contributed by atoms with Crippen LogP contribution in [0.4, 0.5) is 5.13 Å². The number of hydrogen-bond acceptors (Lipinski definition) is 8. The summed E-state index contributed by atoms with van der Waals surface area (Å²) in [7, 11) is -1.61. The van der Waals surface area contributed by atoms with Gasteiger partial charge in [0.15, 0.2) is 4.34 Å². The van der Waals surface area contributed by atoms with Crippen molar-refractivity contribution in [2.75, 3.05) is 44.3 Å². The van der Waals surface area contributed by atoms with Crippen molar-refractivity contribution < 1.29 is 13.2 Å². The molecule has 1 aromatic carbocycles. The molecule has 0 unspecified atom stereocenters. The topological polar surface area (TPSA) is 95.5 Å². The van der Waals surface area contributed by atoms with E-state index in [9.17, 15) is 13.2 Å². The van der Waals surface area contributed by atoms with Gasteiger partial charge < -0.3 is 10.2 Å². The first kappa shape index (κ1) is 20.1. The van der Waals surface area contributed by atoms with Crippen LogP contribution in [-0.4, -0.2) is 72.7 Å². The number of sulfonamides is 1. The van der Waals surface area contributed by atoms with Gasteiger partial charge in [-0.05, 0) is 5.56 Å². The Hall–Kier alpha value is -1.69. The number of nitrogens with one attached hydrogen (secondary N) is 1. The fraction of sp³-hybridized carbons (Fsp3) is 0.438. The number of hydrogen-bond donors (Lipinski definition) is 1. The van der Waals surface area contributed by atoms with Crippen molar-refractivity contribution in [3.63, 3.8) is 0 Å². The van der Waals surface area contributed by atoms with E-state index in [0.29, 0.717) is 31.3 Å². The van der Waals surface area contributed by atoms with Gasteiger partial charge >= 0.3 is 0 Å². The molecule has 2 aromatic rings. The molecule has 1 fully saturated rings. The fourth-order valence-corrected chi connectivity index (χ4v) is 5.80. The summed E-state index contributed by atoms with van der Waals surface area (Å²) in [6.07, 6.45) is 0. The first-order chi connectivity index (χ1) is 13.0. The summed E-state index contributed by atoms with van der Waals surface area (Å²) in [6.45, 7) is 1.47. The first-order valence-corrected chi connectivity index (χ1v) is 11.8. The van der Waals surface area contributed by atoms with Crippen molar-refractivity contribution in [3.8, 4) is 0 Å². The Bertz CT molecular complexity index is 864. The van der Waals surface area contributed by atoms with Crippen LogP contribution in [0.1, 0.15) is 5.56 Å². The van der Waals surface area contributed by atoms with Gasteiger partial charge in [-0.2, -0.15) is 4.31 Å². The summed E-state index contributed by atoms with van der Waals surface area (Å²) in [6, 6.07) is 9.14. The molecule has 11 heteroatoms. The minimum atomic E-state index is -3.37. The Labute approximate surface area is 167 Å². The third-order valence-corrected chi connectivity index (χ3v) is 8.02. The number of carbonyl (C=O) groups is 1. The molecule has 1 aromatic heterocycles. The second-order valence-corrected chi connectivity index (χ2v) is 10.1. The molecular weight excluding hydrogens is 406 g/mol. The van der Waals surface area contributed by atoms with Gasteiger partial charge in [0.2, 0.25) is 21.1 Å². The van der Waals surface area contributed by atoms with Crippen molar-refractivity contribution in [3.05, 3.63) is 35.9 Å². The van der Waals surface area contributed by atoms with Crippen LogP contribution in [0.5, 0.6) is 0 Å². The number of rotatable bonds is 7. The second-order valence-electron chi connectivity index (χ2n) is 5.93. The number of thioether (sulfide) groups is 1. The van der Waals surface area contributed by atoms with Crippen molar-refractivity contribution >= 4 is 44.2 Å². The Morgan fingerprint density at radius 3 is 2.52 bits per heavy atom. The molecule has 0 bridgehead atoms. The third-order valence-electron chi connectivity index (χ3n) is 4.12. The van der Waals surface area contributed by atoms with Gasteiger partial charge in [-0.15, -0.1) is 10.2 Å². The van der Waals surface area contributed by atoms with Gasteiger partial charge in [-0.1, -0.05) is 53.4 Å². The summed E-state index contributed by atoms with van der Waals surface area (Å²) < 4.78 is 27.3. The van der Waals surface area contributed by atoms with Crippen LogP contribution in [0.15, 0.2) is 34.7 Å². The molecule has 146 valence electrons. The highest BCUT2D eigenvalue weighted by Gasteiger charge is 2.29. The maximum Gasteiger partial charge on any atom is 0.233 e. The van der Waals surface area contributed by atoms with Crippen LogP contribution < -0.4 is 5.32 Å². The SMILES string of the molecule is CNc1nnc(SCC(=O)N2CCN(S(=O)(=O)Cc3ccccc3)CC2)s1. The smallest absolute Gasteiger partial charge is 0.233 e. The largest absolute Gasteiger partial charge is 0.363 e. The van der Waals surface area contributed by atoms with E-state index in [1.807, 2.05) is 30.3 Å². The summed E-state index contributed by atoms with van der Waals surface area (Å²) in [4.78, 5) is 14.1. The number of aromatic nitrogens is 2. The van der Waals surface area contributed by atoms with Crippen molar-refractivity contribution in [2.45, 2.75) is 10.1 Å². The molecule has 0 saturated carbocycles. The van der Waals surface area contributed by atoms with Gasteiger partial charge in [0.25, 0.3) is 0 Å². The van der Waals surface area contributed by atoms with E-state index in [1.54, 1.807) is 11.9 Å². The molecule has 2 heterocycles. The molecule has 8 nitrogen and oxygen atoms in total. The van der Waals surface area contributed by atoms with Crippen LogP contribution in [0.3, 0.4) is 0 Å². The minimum absolute atomic E-state index is 0.0114. The normalized spacial score (nSPS) is 15.7. The quantitative estimate of drug-likeness (QED) is 0.666. The third kappa shape index (κ3) is 5.41. The Morgan fingerprint density at radius 1 is 1.19 bits per heavy atom. The number of benzene rings is 1. The monoisotopic (exact) mass is 427 g/mol. The van der Waals surface area contributed by atoms with Gasteiger partial charge in [0.1, 0.15) is 0 Å². The van der Waals surface area contributed by atoms with Crippen molar-refractivity contribution in [1.82, 2.24) is 19.4 Å². The zero-order valence-electron chi connectivity index (χ0n) is 14.9. The van der Waals surface area contributed by atoms with E-state index in [4.69, 9.17) is 0 Å². The molecule has 0 aliphatic carbocycles. The molecule has 27 heavy (non-hydrogen) atoms. The van der Waals surface area contributed by atoms with Gasteiger partial charge in [-0.3, -0.25) is 4.79 Å². The molecule has 0 radical (unpaired) electrons. The number of nitrogens with zero attached hydrogens (tertiary/aromatic N) is 4. The maximum atomic E-state index is 12.6. The molecule has 1 amide bonds. The lowest BCUT2D eigenvalue weighted by Crippen LogP contribution is -2.51. The molecule has 1 N–H and O–H groups in total. The van der Waals surface area contributed by atoms with Crippen LogP contribution in [0.2, 0.25) is 0 Å². The molecule has 1 aliphatic heterocycles. The predicted octanol–water partition coefficient (Wildman–Crippen LogP) is 1.35. The van der Waals surface area contributed by atoms with E-state index < -0.39 is 10.0 Å². The van der Waals surface area contributed by atoms with Gasteiger partial charge in [0, 0.05) is 33.2 Å². The summed E-state index contributed by atoms with van der Waals surface area (Å²) in [5.74, 6) is 0.249. The van der Waals surface area contributed by atoms with E-state index in [1.165, 1.54) is 27.4 Å². The van der Waals surface area contributed by atoms with Crippen LogP contribution in [0, 0.1) is 0 Å². The number of amides is 1. The van der Waals surface area contributed by atoms with Gasteiger partial charge in [-0.25, -0.2) is 8.42 Å². The zero-order valence-corrected chi connectivity index (χ0v) is 17.3. The zero-order chi connectivity index (χ0) is 19.3. The number of carbonyl (C=O) groups excluding carboxylic acids is 1. The summed E-state index contributed by atoms with van der Waals surface area (Å²) in [5.41, 5.74) is 0.769. The van der Waals surface area contributed by atoms with Gasteiger partial charge in [0.05, 0.1) is 11.5 Å².